The van der Waals surface area contributed by atoms with Crippen molar-refractivity contribution in [3.05, 3.63) is 57.7 Å². The molecule has 1 heterocycles. The highest BCUT2D eigenvalue weighted by atomic mass is 79.9. The van der Waals surface area contributed by atoms with Gasteiger partial charge in [0.1, 0.15) is 17.3 Å². The minimum Gasteiger partial charge on any atom is -0.465 e. The van der Waals surface area contributed by atoms with Gasteiger partial charge in [-0.1, -0.05) is 22.0 Å². The van der Waals surface area contributed by atoms with E-state index in [-0.39, 0.29) is 5.82 Å². The number of rotatable bonds is 4. The first-order valence-corrected chi connectivity index (χ1v) is 6.14. The van der Waals surface area contributed by atoms with Crippen molar-refractivity contribution in [1.82, 2.24) is 5.32 Å². The lowest BCUT2D eigenvalue weighted by Crippen LogP contribution is -2.13. The third-order valence-electron chi connectivity index (χ3n) is 2.43. The quantitative estimate of drug-likeness (QED) is 0.929. The van der Waals surface area contributed by atoms with E-state index in [1.807, 2.05) is 25.1 Å². The molecule has 0 aliphatic rings. The minimum absolute atomic E-state index is 0.206. The second-order valence-corrected chi connectivity index (χ2v) is 4.77. The first kappa shape index (κ1) is 12.3. The number of hydrogen-bond donors (Lipinski definition) is 1. The molecule has 1 aromatic heterocycles. The first-order valence-electron chi connectivity index (χ1n) is 5.35. The highest BCUT2D eigenvalue weighted by molar-refractivity contribution is 9.10. The largest absolute Gasteiger partial charge is 0.465 e. The Kier molecular flexibility index (Phi) is 3.97. The summed E-state index contributed by atoms with van der Waals surface area (Å²) in [5.74, 6) is 1.54. The summed E-state index contributed by atoms with van der Waals surface area (Å²) in [5.41, 5.74) is 0.650. The molecule has 0 unspecified atom stereocenters. The summed E-state index contributed by atoms with van der Waals surface area (Å²) >= 11 is 3.23. The van der Waals surface area contributed by atoms with E-state index in [1.165, 1.54) is 6.07 Å². The Morgan fingerprint density at radius 2 is 2.06 bits per heavy atom. The van der Waals surface area contributed by atoms with Crippen molar-refractivity contribution in [3.63, 3.8) is 0 Å². The molecular weight excluding hydrogens is 285 g/mol. The van der Waals surface area contributed by atoms with Gasteiger partial charge in [0, 0.05) is 16.6 Å². The molecule has 4 heteroatoms. The Morgan fingerprint density at radius 1 is 1.24 bits per heavy atom. The zero-order chi connectivity index (χ0) is 12.3. The van der Waals surface area contributed by atoms with Crippen LogP contribution in [-0.2, 0) is 13.1 Å². The molecule has 0 bridgehead atoms. The number of furan rings is 1. The molecule has 17 heavy (non-hydrogen) atoms. The van der Waals surface area contributed by atoms with Crippen LogP contribution in [0.15, 0.2) is 39.2 Å². The van der Waals surface area contributed by atoms with Gasteiger partial charge in [0.05, 0.1) is 6.54 Å². The van der Waals surface area contributed by atoms with Crippen molar-refractivity contribution in [1.29, 1.82) is 0 Å². The van der Waals surface area contributed by atoms with Crippen LogP contribution < -0.4 is 5.32 Å². The van der Waals surface area contributed by atoms with Gasteiger partial charge in [-0.15, -0.1) is 0 Å². The molecular formula is C13H13BrFNO. The van der Waals surface area contributed by atoms with E-state index in [1.54, 1.807) is 6.07 Å². The van der Waals surface area contributed by atoms with Crippen molar-refractivity contribution in [2.45, 2.75) is 20.0 Å². The average molecular weight is 298 g/mol. The van der Waals surface area contributed by atoms with Crippen LogP contribution in [0.3, 0.4) is 0 Å². The predicted octanol–water partition coefficient (Wildman–Crippen LogP) is 3.78. The van der Waals surface area contributed by atoms with Gasteiger partial charge in [-0.05, 0) is 31.2 Å². The normalized spacial score (nSPS) is 10.8. The molecule has 0 fully saturated rings. The van der Waals surface area contributed by atoms with Gasteiger partial charge >= 0.3 is 0 Å². The summed E-state index contributed by atoms with van der Waals surface area (Å²) in [6.07, 6.45) is 0. The molecule has 90 valence electrons. The van der Waals surface area contributed by atoms with Crippen LogP contribution in [0.2, 0.25) is 0 Å². The fourth-order valence-electron chi connectivity index (χ4n) is 1.57. The number of aryl methyl sites for hydroxylation is 1. The molecule has 0 radical (unpaired) electrons. The van der Waals surface area contributed by atoms with Crippen LogP contribution in [0.25, 0.3) is 0 Å². The van der Waals surface area contributed by atoms with Gasteiger partial charge in [0.25, 0.3) is 0 Å². The van der Waals surface area contributed by atoms with Crippen LogP contribution in [0.4, 0.5) is 4.39 Å². The van der Waals surface area contributed by atoms with E-state index in [4.69, 9.17) is 4.42 Å². The standard InChI is InChI=1S/C13H13BrFNO/c1-9-2-5-12(17-9)8-16-7-10-3-4-11(14)6-13(10)15/h2-6,16H,7-8H2,1H3. The highest BCUT2D eigenvalue weighted by Gasteiger charge is 2.03. The fraction of sp³-hybridized carbons (Fsp3) is 0.231. The Bertz CT molecular complexity index is 510. The average Bonchev–Trinajstić information content (AvgIpc) is 2.68. The smallest absolute Gasteiger partial charge is 0.128 e. The Morgan fingerprint density at radius 3 is 2.71 bits per heavy atom. The number of halogens is 2. The van der Waals surface area contributed by atoms with Gasteiger partial charge < -0.3 is 9.73 Å². The Balaban J connectivity index is 1.90. The Labute approximate surface area is 108 Å². The third-order valence-corrected chi connectivity index (χ3v) is 2.92. The van der Waals surface area contributed by atoms with E-state index in [0.29, 0.717) is 18.7 Å². The lowest BCUT2D eigenvalue weighted by atomic mass is 10.2. The zero-order valence-electron chi connectivity index (χ0n) is 9.47. The third kappa shape index (κ3) is 3.41. The summed E-state index contributed by atoms with van der Waals surface area (Å²) in [7, 11) is 0. The summed E-state index contributed by atoms with van der Waals surface area (Å²) in [6, 6.07) is 8.89. The molecule has 1 N–H and O–H groups in total. The highest BCUT2D eigenvalue weighted by Crippen LogP contribution is 2.15. The molecule has 0 atom stereocenters. The molecule has 0 spiro atoms. The van der Waals surface area contributed by atoms with E-state index in [9.17, 15) is 4.39 Å². The van der Waals surface area contributed by atoms with Crippen LogP contribution in [0.5, 0.6) is 0 Å². The molecule has 2 aromatic rings. The summed E-state index contributed by atoms with van der Waals surface area (Å²) in [5, 5.41) is 3.14. The van der Waals surface area contributed by atoms with E-state index in [2.05, 4.69) is 21.2 Å². The molecule has 0 aliphatic carbocycles. The van der Waals surface area contributed by atoms with Crippen LogP contribution in [0, 0.1) is 12.7 Å². The Hall–Kier alpha value is -1.13. The van der Waals surface area contributed by atoms with Gasteiger partial charge in [0.15, 0.2) is 0 Å². The van der Waals surface area contributed by atoms with Crippen LogP contribution in [0.1, 0.15) is 17.1 Å². The van der Waals surface area contributed by atoms with Crippen molar-refractivity contribution >= 4 is 15.9 Å². The summed E-state index contributed by atoms with van der Waals surface area (Å²) < 4.78 is 19.6. The van der Waals surface area contributed by atoms with E-state index < -0.39 is 0 Å². The van der Waals surface area contributed by atoms with Crippen molar-refractivity contribution < 1.29 is 8.81 Å². The van der Waals surface area contributed by atoms with Gasteiger partial charge in [-0.2, -0.15) is 0 Å². The molecule has 0 amide bonds. The molecule has 0 saturated heterocycles. The van der Waals surface area contributed by atoms with E-state index in [0.717, 1.165) is 16.0 Å². The van der Waals surface area contributed by atoms with Gasteiger partial charge in [0.2, 0.25) is 0 Å². The maximum Gasteiger partial charge on any atom is 0.128 e. The van der Waals surface area contributed by atoms with Gasteiger partial charge in [-0.25, -0.2) is 4.39 Å². The summed E-state index contributed by atoms with van der Waals surface area (Å²) in [4.78, 5) is 0. The fourth-order valence-corrected chi connectivity index (χ4v) is 1.90. The topological polar surface area (TPSA) is 25.2 Å². The lowest BCUT2D eigenvalue weighted by Gasteiger charge is -2.05. The molecule has 2 nitrogen and oxygen atoms in total. The second kappa shape index (κ2) is 5.47. The van der Waals surface area contributed by atoms with Crippen molar-refractivity contribution in [2.75, 3.05) is 0 Å². The second-order valence-electron chi connectivity index (χ2n) is 3.85. The first-order chi connectivity index (χ1) is 8.15. The van der Waals surface area contributed by atoms with Crippen LogP contribution >= 0.6 is 15.9 Å². The maximum atomic E-state index is 13.5. The molecule has 0 saturated carbocycles. The predicted molar refractivity (Wildman–Crippen MR) is 68.1 cm³/mol. The number of benzene rings is 1. The minimum atomic E-state index is -0.206. The number of hydrogen-bond acceptors (Lipinski definition) is 2. The molecule has 1 aromatic carbocycles. The van der Waals surface area contributed by atoms with E-state index >= 15 is 0 Å². The summed E-state index contributed by atoms with van der Waals surface area (Å²) in [6.45, 7) is 2.99. The molecule has 0 aliphatic heterocycles. The molecule has 2 rings (SSSR count). The van der Waals surface area contributed by atoms with Crippen molar-refractivity contribution in [3.8, 4) is 0 Å². The maximum absolute atomic E-state index is 13.5. The number of nitrogens with one attached hydrogen (secondary N) is 1. The lowest BCUT2D eigenvalue weighted by molar-refractivity contribution is 0.459. The van der Waals surface area contributed by atoms with Crippen molar-refractivity contribution in [2.24, 2.45) is 0 Å². The zero-order valence-corrected chi connectivity index (χ0v) is 11.1. The SMILES string of the molecule is Cc1ccc(CNCc2ccc(Br)cc2F)o1. The van der Waals surface area contributed by atoms with Crippen LogP contribution in [-0.4, -0.2) is 0 Å². The van der Waals surface area contributed by atoms with Gasteiger partial charge in [-0.3, -0.25) is 0 Å². The monoisotopic (exact) mass is 297 g/mol.